The molecule has 104 valence electrons. The minimum atomic E-state index is -4.39. The van der Waals surface area contributed by atoms with Crippen molar-refractivity contribution < 1.29 is 17.7 Å². The van der Waals surface area contributed by atoms with E-state index in [1.165, 1.54) is 12.5 Å². The molecule has 0 aliphatic carbocycles. The third-order valence-corrected chi connectivity index (χ3v) is 3.13. The van der Waals surface area contributed by atoms with Crippen molar-refractivity contribution in [3.8, 4) is 0 Å². The zero-order valence-corrected chi connectivity index (χ0v) is 10.6. The maximum Gasteiger partial charge on any atom is 0.416 e. The number of alkyl halides is 3. The lowest BCUT2D eigenvalue weighted by molar-refractivity contribution is -0.137. The normalized spacial score (nSPS) is 12.2. The number of H-pyrrole nitrogens is 1. The Labute approximate surface area is 115 Å². The predicted molar refractivity (Wildman–Crippen MR) is 65.5 cm³/mol. The number of aromatic nitrogens is 4. The van der Waals surface area contributed by atoms with Gasteiger partial charge in [-0.1, -0.05) is 5.16 Å². The monoisotopic (exact) mass is 300 g/mol. The Bertz CT molecular complexity index is 803. The summed E-state index contributed by atoms with van der Waals surface area (Å²) in [6.45, 7) is 0.223. The fourth-order valence-corrected chi connectivity index (χ4v) is 2.17. The first-order valence-corrected chi connectivity index (χ1v) is 5.91. The fraction of sp³-hybridized carbons (Fsp3) is 0.182. The molecule has 3 aromatic rings. The maximum absolute atomic E-state index is 12.6. The van der Waals surface area contributed by atoms with Gasteiger partial charge >= 0.3 is 6.18 Å². The summed E-state index contributed by atoms with van der Waals surface area (Å²) in [6, 6.07) is 3.40. The largest absolute Gasteiger partial charge is 0.416 e. The van der Waals surface area contributed by atoms with Crippen LogP contribution in [0.4, 0.5) is 13.2 Å². The summed E-state index contributed by atoms with van der Waals surface area (Å²) in [5.74, 6) is 0.391. The first kappa shape index (κ1) is 12.9. The van der Waals surface area contributed by atoms with Crippen LogP contribution >= 0.6 is 12.2 Å². The number of nitrogens with zero attached hydrogens (tertiary/aromatic N) is 3. The van der Waals surface area contributed by atoms with E-state index in [-0.39, 0.29) is 6.54 Å². The second-order valence-corrected chi connectivity index (χ2v) is 4.48. The summed E-state index contributed by atoms with van der Waals surface area (Å²) in [4.78, 5) is 6.60. The minimum Gasteiger partial charge on any atom is -0.343 e. The molecule has 0 radical (unpaired) electrons. The number of halogens is 3. The SMILES string of the molecule is FC(F)(F)c1ccc2c(c1)[nH]c(=S)n2Cc1ncon1. The van der Waals surface area contributed by atoms with Crippen molar-refractivity contribution in [1.82, 2.24) is 19.7 Å². The highest BCUT2D eigenvalue weighted by molar-refractivity contribution is 7.71. The molecule has 9 heteroatoms. The Morgan fingerprint density at radius 2 is 2.15 bits per heavy atom. The van der Waals surface area contributed by atoms with Crippen LogP contribution in [0.25, 0.3) is 11.0 Å². The lowest BCUT2D eigenvalue weighted by atomic mass is 10.2. The van der Waals surface area contributed by atoms with Gasteiger partial charge in [-0.2, -0.15) is 18.2 Å². The summed E-state index contributed by atoms with van der Waals surface area (Å²) >= 11 is 5.10. The van der Waals surface area contributed by atoms with Crippen LogP contribution in [0.5, 0.6) is 0 Å². The minimum absolute atomic E-state index is 0.223. The van der Waals surface area contributed by atoms with Gasteiger partial charge in [0, 0.05) is 0 Å². The van der Waals surface area contributed by atoms with E-state index < -0.39 is 11.7 Å². The number of hydrogen-bond acceptors (Lipinski definition) is 4. The van der Waals surface area contributed by atoms with Crippen LogP contribution < -0.4 is 0 Å². The Morgan fingerprint density at radius 1 is 1.35 bits per heavy atom. The van der Waals surface area contributed by atoms with Gasteiger partial charge in [0.1, 0.15) is 0 Å². The summed E-state index contributed by atoms with van der Waals surface area (Å²) < 4.78 is 44.5. The zero-order valence-electron chi connectivity index (χ0n) is 9.81. The highest BCUT2D eigenvalue weighted by atomic mass is 32.1. The molecule has 1 N–H and O–H groups in total. The number of fused-ring (bicyclic) bond motifs is 1. The van der Waals surface area contributed by atoms with Crippen molar-refractivity contribution in [1.29, 1.82) is 0 Å². The average Bonchev–Trinajstić information content (AvgIpc) is 2.97. The topological polar surface area (TPSA) is 59.6 Å². The highest BCUT2D eigenvalue weighted by Gasteiger charge is 2.30. The molecule has 0 unspecified atom stereocenters. The molecule has 2 heterocycles. The first-order chi connectivity index (χ1) is 9.45. The van der Waals surface area contributed by atoms with Gasteiger partial charge in [0.15, 0.2) is 10.6 Å². The van der Waals surface area contributed by atoms with Crippen LogP contribution in [-0.4, -0.2) is 19.7 Å². The van der Waals surface area contributed by atoms with Gasteiger partial charge in [0.2, 0.25) is 6.39 Å². The molecule has 0 atom stereocenters. The third-order valence-electron chi connectivity index (χ3n) is 2.81. The molecule has 0 aliphatic heterocycles. The Hall–Kier alpha value is -2.16. The molecule has 0 saturated carbocycles. The van der Waals surface area contributed by atoms with Crippen LogP contribution in [0.2, 0.25) is 0 Å². The lowest BCUT2D eigenvalue weighted by Crippen LogP contribution is -2.05. The molecular formula is C11H7F3N4OS. The zero-order chi connectivity index (χ0) is 14.3. The molecule has 20 heavy (non-hydrogen) atoms. The van der Waals surface area contributed by atoms with Crippen molar-refractivity contribution >= 4 is 23.3 Å². The quantitative estimate of drug-likeness (QED) is 0.739. The second-order valence-electron chi connectivity index (χ2n) is 4.09. The van der Waals surface area contributed by atoms with Gasteiger partial charge < -0.3 is 14.1 Å². The molecule has 3 rings (SSSR count). The molecule has 1 aromatic carbocycles. The predicted octanol–water partition coefficient (Wildman–Crippen LogP) is 3.15. The van der Waals surface area contributed by atoms with E-state index >= 15 is 0 Å². The van der Waals surface area contributed by atoms with Gasteiger partial charge in [0.25, 0.3) is 0 Å². The van der Waals surface area contributed by atoms with Crippen molar-refractivity contribution in [3.05, 3.63) is 40.8 Å². The summed E-state index contributed by atoms with van der Waals surface area (Å²) in [5.41, 5.74) is 0.133. The first-order valence-electron chi connectivity index (χ1n) is 5.50. The van der Waals surface area contributed by atoms with Gasteiger partial charge in [-0.3, -0.25) is 0 Å². The summed E-state index contributed by atoms with van der Waals surface area (Å²) in [7, 11) is 0. The molecule has 0 fully saturated rings. The molecule has 5 nitrogen and oxygen atoms in total. The standard InChI is InChI=1S/C11H7F3N4OS/c12-11(13,14)6-1-2-8-7(3-6)16-10(20)18(8)4-9-15-5-19-17-9/h1-3,5H,4H2,(H,16,20). The van der Waals surface area contributed by atoms with Gasteiger partial charge in [0.05, 0.1) is 23.1 Å². The van der Waals surface area contributed by atoms with Gasteiger partial charge in [-0.15, -0.1) is 0 Å². The van der Waals surface area contributed by atoms with Crippen molar-refractivity contribution in [2.75, 3.05) is 0 Å². The molecule has 0 bridgehead atoms. The van der Waals surface area contributed by atoms with Crippen LogP contribution in [0.1, 0.15) is 11.4 Å². The fourth-order valence-electron chi connectivity index (χ4n) is 1.90. The van der Waals surface area contributed by atoms with Crippen molar-refractivity contribution in [2.24, 2.45) is 0 Å². The van der Waals surface area contributed by atoms with E-state index in [1.54, 1.807) is 4.57 Å². The number of benzene rings is 1. The Morgan fingerprint density at radius 3 is 2.80 bits per heavy atom. The molecule has 0 spiro atoms. The number of hydrogen-bond donors (Lipinski definition) is 1. The summed E-state index contributed by atoms with van der Waals surface area (Å²) in [5, 5.41) is 3.65. The lowest BCUT2D eigenvalue weighted by Gasteiger charge is -2.06. The molecule has 0 aliphatic rings. The Balaban J connectivity index is 2.10. The van der Waals surface area contributed by atoms with Crippen molar-refractivity contribution in [3.63, 3.8) is 0 Å². The molecule has 0 saturated heterocycles. The van der Waals surface area contributed by atoms with E-state index in [0.717, 1.165) is 12.1 Å². The average molecular weight is 300 g/mol. The molecule has 0 amide bonds. The third kappa shape index (κ3) is 2.20. The highest BCUT2D eigenvalue weighted by Crippen LogP contribution is 2.31. The van der Waals surface area contributed by atoms with E-state index in [0.29, 0.717) is 21.6 Å². The number of imidazole rings is 1. The van der Waals surface area contributed by atoms with E-state index in [1.807, 2.05) is 0 Å². The van der Waals surface area contributed by atoms with E-state index in [4.69, 9.17) is 12.2 Å². The molecule has 2 aromatic heterocycles. The van der Waals surface area contributed by atoms with Crippen molar-refractivity contribution in [2.45, 2.75) is 12.7 Å². The van der Waals surface area contributed by atoms with E-state index in [2.05, 4.69) is 19.6 Å². The number of nitrogens with one attached hydrogen (secondary N) is 1. The number of aromatic amines is 1. The van der Waals surface area contributed by atoms with Gasteiger partial charge in [-0.05, 0) is 30.4 Å². The van der Waals surface area contributed by atoms with Gasteiger partial charge in [-0.25, -0.2) is 0 Å². The molecular weight excluding hydrogens is 293 g/mol. The smallest absolute Gasteiger partial charge is 0.343 e. The van der Waals surface area contributed by atoms with Crippen LogP contribution in [0.3, 0.4) is 0 Å². The Kier molecular flexibility index (Phi) is 2.85. The van der Waals surface area contributed by atoms with Crippen LogP contribution in [-0.2, 0) is 12.7 Å². The summed E-state index contributed by atoms with van der Waals surface area (Å²) in [6.07, 6.45) is -3.21. The van der Waals surface area contributed by atoms with Crippen LogP contribution in [0.15, 0.2) is 29.1 Å². The van der Waals surface area contributed by atoms with E-state index in [9.17, 15) is 13.2 Å². The number of rotatable bonds is 2. The van der Waals surface area contributed by atoms with Crippen LogP contribution in [0, 0.1) is 4.77 Å². The second kappa shape index (κ2) is 4.44. The maximum atomic E-state index is 12.6.